The summed E-state index contributed by atoms with van der Waals surface area (Å²) in [5, 5.41) is 1.12. The molecule has 0 heterocycles. The first-order valence-electron chi connectivity index (χ1n) is 8.96. The van der Waals surface area contributed by atoms with Crippen molar-refractivity contribution < 1.29 is 9.59 Å². The predicted octanol–water partition coefficient (Wildman–Crippen LogP) is 5.98. The summed E-state index contributed by atoms with van der Waals surface area (Å²) in [6, 6.07) is 7.26. The number of carbonyl (C=O) groups is 2. The number of hydrogen-bond acceptors (Lipinski definition) is 2. The molecule has 0 amide bonds. The average Bonchev–Trinajstić information content (AvgIpc) is 2.57. The van der Waals surface area contributed by atoms with Crippen LogP contribution in [0.3, 0.4) is 0 Å². The molecule has 0 N–H and O–H groups in total. The molecule has 3 heteroatoms. The van der Waals surface area contributed by atoms with Gasteiger partial charge in [0.15, 0.2) is 11.6 Å². The molecule has 1 aliphatic carbocycles. The summed E-state index contributed by atoms with van der Waals surface area (Å²) >= 11 is 3.46. The third-order valence-electron chi connectivity index (χ3n) is 4.73. The van der Waals surface area contributed by atoms with Crippen molar-refractivity contribution in [3.05, 3.63) is 35.4 Å². The Labute approximate surface area is 148 Å². The van der Waals surface area contributed by atoms with E-state index in [0.717, 1.165) is 18.2 Å². The Kier molecular flexibility index (Phi) is 8.01. The number of Topliss-reactive ketones (excluding diaryl/α,β-unsaturated/α-hetero) is 2. The van der Waals surface area contributed by atoms with E-state index in [0.29, 0.717) is 17.5 Å². The van der Waals surface area contributed by atoms with Crippen molar-refractivity contribution in [3.63, 3.8) is 0 Å². The molecular weight excluding hydrogens is 352 g/mol. The maximum absolute atomic E-state index is 12.5. The molecule has 1 atom stereocenters. The van der Waals surface area contributed by atoms with Crippen molar-refractivity contribution in [2.75, 3.05) is 5.33 Å². The van der Waals surface area contributed by atoms with Crippen molar-refractivity contribution >= 4 is 27.5 Å². The molecule has 2 nitrogen and oxygen atoms in total. The first-order chi connectivity index (χ1) is 11.2. The minimum absolute atomic E-state index is 0.0867. The van der Waals surface area contributed by atoms with E-state index in [4.69, 9.17) is 0 Å². The summed E-state index contributed by atoms with van der Waals surface area (Å²) in [5.74, 6) is 0.225. The molecule has 0 radical (unpaired) electrons. The molecule has 0 spiro atoms. The van der Waals surface area contributed by atoms with Crippen LogP contribution in [0.2, 0.25) is 0 Å². The number of fused-ring (bicyclic) bond motifs is 1. The number of ketones is 2. The topological polar surface area (TPSA) is 34.1 Å². The van der Waals surface area contributed by atoms with Gasteiger partial charge >= 0.3 is 0 Å². The van der Waals surface area contributed by atoms with Gasteiger partial charge in [-0.05, 0) is 12.8 Å². The minimum Gasteiger partial charge on any atom is -0.294 e. The van der Waals surface area contributed by atoms with Gasteiger partial charge in [0.25, 0.3) is 0 Å². The van der Waals surface area contributed by atoms with E-state index >= 15 is 0 Å². The first-order valence-corrected chi connectivity index (χ1v) is 10.1. The molecule has 1 unspecified atom stereocenters. The van der Waals surface area contributed by atoms with Crippen molar-refractivity contribution in [2.45, 2.75) is 64.2 Å². The Bertz CT molecular complexity index is 524. The predicted molar refractivity (Wildman–Crippen MR) is 98.6 cm³/mol. The lowest BCUT2D eigenvalue weighted by Crippen LogP contribution is -2.26. The molecule has 0 aliphatic heterocycles. The fraction of sp³-hybridized carbons (Fsp3) is 0.600. The Balaban J connectivity index is 1.65. The molecule has 126 valence electrons. The third kappa shape index (κ3) is 5.56. The van der Waals surface area contributed by atoms with Gasteiger partial charge in [-0.2, -0.15) is 0 Å². The van der Waals surface area contributed by atoms with Crippen LogP contribution in [0.15, 0.2) is 24.3 Å². The maximum Gasteiger partial charge on any atom is 0.167 e. The lowest BCUT2D eigenvalue weighted by molar-refractivity contribution is 0.0814. The highest BCUT2D eigenvalue weighted by atomic mass is 79.9. The SMILES string of the molecule is O=C1CC(CCCCCCCCCCBr)C(=O)c2ccccc21. The molecule has 1 aromatic carbocycles. The van der Waals surface area contributed by atoms with Gasteiger partial charge in [0.2, 0.25) is 0 Å². The van der Waals surface area contributed by atoms with Crippen LogP contribution in [0, 0.1) is 5.92 Å². The van der Waals surface area contributed by atoms with E-state index in [1.54, 1.807) is 12.1 Å². The van der Waals surface area contributed by atoms with E-state index in [2.05, 4.69) is 15.9 Å². The van der Waals surface area contributed by atoms with Crippen LogP contribution >= 0.6 is 15.9 Å². The van der Waals surface area contributed by atoms with Gasteiger partial charge in [-0.3, -0.25) is 9.59 Å². The molecule has 1 aromatic rings. The van der Waals surface area contributed by atoms with Gasteiger partial charge in [-0.15, -0.1) is 0 Å². The van der Waals surface area contributed by atoms with Gasteiger partial charge in [-0.1, -0.05) is 85.1 Å². The zero-order chi connectivity index (χ0) is 16.5. The number of hydrogen-bond donors (Lipinski definition) is 0. The van der Waals surface area contributed by atoms with Crippen LogP contribution in [0.25, 0.3) is 0 Å². The standard InChI is InChI=1S/C20H27BrO2/c21-14-10-6-4-2-1-3-5-7-11-16-15-19(22)17-12-8-9-13-18(17)20(16)23/h8-9,12-13,16H,1-7,10-11,14-15H2. The fourth-order valence-corrected chi connectivity index (χ4v) is 3.76. The molecular formula is C20H27BrO2. The first kappa shape index (κ1) is 18.4. The number of halogens is 1. The molecule has 1 aliphatic rings. The van der Waals surface area contributed by atoms with Crippen molar-refractivity contribution in [3.8, 4) is 0 Å². The lowest BCUT2D eigenvalue weighted by Gasteiger charge is -2.22. The van der Waals surface area contributed by atoms with Crippen LogP contribution in [0.1, 0.15) is 84.9 Å². The van der Waals surface area contributed by atoms with E-state index in [-0.39, 0.29) is 17.5 Å². The molecule has 0 saturated heterocycles. The molecule has 0 aromatic heterocycles. The van der Waals surface area contributed by atoms with Gasteiger partial charge in [0.05, 0.1) is 0 Å². The minimum atomic E-state index is -0.0867. The van der Waals surface area contributed by atoms with Crippen LogP contribution < -0.4 is 0 Å². The van der Waals surface area contributed by atoms with E-state index in [1.807, 2.05) is 12.1 Å². The summed E-state index contributed by atoms with van der Waals surface area (Å²) < 4.78 is 0. The van der Waals surface area contributed by atoms with Gasteiger partial charge in [-0.25, -0.2) is 0 Å². The monoisotopic (exact) mass is 378 g/mol. The molecule has 0 fully saturated rings. The number of unbranched alkanes of at least 4 members (excludes halogenated alkanes) is 7. The second-order valence-corrected chi connectivity index (χ2v) is 7.33. The van der Waals surface area contributed by atoms with E-state index in [9.17, 15) is 9.59 Å². The number of carbonyl (C=O) groups excluding carboxylic acids is 2. The second kappa shape index (κ2) is 10.0. The van der Waals surface area contributed by atoms with E-state index in [1.165, 1.54) is 44.9 Å². The highest BCUT2D eigenvalue weighted by Gasteiger charge is 2.31. The van der Waals surface area contributed by atoms with Gasteiger partial charge in [0, 0.05) is 28.8 Å². The van der Waals surface area contributed by atoms with Gasteiger partial charge in [0.1, 0.15) is 0 Å². The zero-order valence-electron chi connectivity index (χ0n) is 13.9. The number of alkyl halides is 1. The molecule has 23 heavy (non-hydrogen) atoms. The highest BCUT2D eigenvalue weighted by molar-refractivity contribution is 9.09. The zero-order valence-corrected chi connectivity index (χ0v) is 15.4. The maximum atomic E-state index is 12.5. The van der Waals surface area contributed by atoms with Crippen LogP contribution in [0.5, 0.6) is 0 Å². The van der Waals surface area contributed by atoms with Crippen LogP contribution in [0.4, 0.5) is 0 Å². The Hall–Kier alpha value is -0.960. The Morgan fingerprint density at radius 2 is 1.39 bits per heavy atom. The molecule has 0 bridgehead atoms. The Morgan fingerprint density at radius 1 is 0.826 bits per heavy atom. The van der Waals surface area contributed by atoms with Crippen molar-refractivity contribution in [2.24, 2.45) is 5.92 Å². The average molecular weight is 379 g/mol. The molecule has 2 rings (SSSR count). The second-order valence-electron chi connectivity index (χ2n) is 6.54. The summed E-state index contributed by atoms with van der Waals surface area (Å²) in [6.07, 6.45) is 11.3. The fourth-order valence-electron chi connectivity index (χ4n) is 3.37. The number of benzene rings is 1. The van der Waals surface area contributed by atoms with Crippen LogP contribution in [-0.4, -0.2) is 16.9 Å². The van der Waals surface area contributed by atoms with E-state index < -0.39 is 0 Å². The number of rotatable bonds is 10. The summed E-state index contributed by atoms with van der Waals surface area (Å²) in [6.45, 7) is 0. The lowest BCUT2D eigenvalue weighted by atomic mass is 9.79. The summed E-state index contributed by atoms with van der Waals surface area (Å²) in [5.41, 5.74) is 1.26. The highest BCUT2D eigenvalue weighted by Crippen LogP contribution is 2.29. The smallest absolute Gasteiger partial charge is 0.167 e. The Morgan fingerprint density at radius 3 is 2.04 bits per heavy atom. The quantitative estimate of drug-likeness (QED) is 0.370. The molecule has 0 saturated carbocycles. The summed E-state index contributed by atoms with van der Waals surface area (Å²) in [4.78, 5) is 24.6. The van der Waals surface area contributed by atoms with Crippen molar-refractivity contribution in [1.82, 2.24) is 0 Å². The van der Waals surface area contributed by atoms with Gasteiger partial charge < -0.3 is 0 Å². The van der Waals surface area contributed by atoms with Crippen molar-refractivity contribution in [1.29, 1.82) is 0 Å². The summed E-state index contributed by atoms with van der Waals surface area (Å²) in [7, 11) is 0. The third-order valence-corrected chi connectivity index (χ3v) is 5.29. The van der Waals surface area contributed by atoms with Crippen LogP contribution in [-0.2, 0) is 0 Å². The normalized spacial score (nSPS) is 17.3. The largest absolute Gasteiger partial charge is 0.294 e.